The van der Waals surface area contributed by atoms with Crippen LogP contribution >= 0.6 is 0 Å². The third-order valence-electron chi connectivity index (χ3n) is 14.0. The summed E-state index contributed by atoms with van der Waals surface area (Å²) in [6.07, 6.45) is 70.3. The number of aliphatic carboxylic acids is 4. The van der Waals surface area contributed by atoms with Crippen molar-refractivity contribution in [2.75, 3.05) is 0 Å². The monoisotopic (exact) mass is 1070 g/mol. The van der Waals surface area contributed by atoms with Crippen molar-refractivity contribution in [3.05, 3.63) is 0 Å². The summed E-state index contributed by atoms with van der Waals surface area (Å²) in [5, 5.41) is 34.0. The minimum absolute atomic E-state index is 0.345. The van der Waals surface area contributed by atoms with E-state index in [1.54, 1.807) is 0 Å². The largest absolute Gasteiger partial charge is 0.481 e. The highest BCUT2D eigenvalue weighted by molar-refractivity contribution is 5.67. The van der Waals surface area contributed by atoms with E-state index < -0.39 is 23.9 Å². The van der Waals surface area contributed by atoms with Crippen molar-refractivity contribution < 1.29 is 39.6 Å². The van der Waals surface area contributed by atoms with Gasteiger partial charge in [-0.2, -0.15) is 0 Å². The average molecular weight is 1070 g/mol. The number of unbranched alkanes of at least 4 members (excludes halogenated alkanes) is 48. The first-order valence-electron chi connectivity index (χ1n) is 33.4. The lowest BCUT2D eigenvalue weighted by Gasteiger charge is -2.02. The lowest BCUT2D eigenvalue weighted by atomic mass is 10.0. The van der Waals surface area contributed by atoms with Crippen LogP contribution in [-0.2, 0) is 19.2 Å². The molecule has 4 N–H and O–H groups in total. The van der Waals surface area contributed by atoms with E-state index in [0.29, 0.717) is 25.7 Å². The molecule has 0 aliphatic carbocycles. The molecule has 0 heterocycles. The zero-order chi connectivity index (χ0) is 56.6. The minimum Gasteiger partial charge on any atom is -0.481 e. The van der Waals surface area contributed by atoms with Gasteiger partial charge in [-0.15, -0.1) is 0 Å². The molecule has 0 aliphatic rings. The molecule has 452 valence electrons. The summed E-state index contributed by atoms with van der Waals surface area (Å²) in [6, 6.07) is 0. The molecule has 0 fully saturated rings. The Bertz CT molecular complexity index is 888. The first-order valence-corrected chi connectivity index (χ1v) is 33.4. The second-order valence-electron chi connectivity index (χ2n) is 22.3. The summed E-state index contributed by atoms with van der Waals surface area (Å²) in [5.41, 5.74) is 0. The number of hydrogen-bond acceptors (Lipinski definition) is 4. The van der Waals surface area contributed by atoms with Crippen molar-refractivity contribution in [3.8, 4) is 0 Å². The van der Waals surface area contributed by atoms with Crippen LogP contribution in [0.5, 0.6) is 0 Å². The lowest BCUT2D eigenvalue weighted by molar-refractivity contribution is -0.138. The van der Waals surface area contributed by atoms with E-state index >= 15 is 0 Å². The lowest BCUT2D eigenvalue weighted by Crippen LogP contribution is -1.93. The van der Waals surface area contributed by atoms with Crippen molar-refractivity contribution in [2.45, 2.75) is 408 Å². The Morgan fingerprint density at radius 3 is 0.333 bits per heavy atom. The smallest absolute Gasteiger partial charge is 0.303 e. The molecule has 75 heavy (non-hydrogen) atoms. The molecule has 0 aromatic heterocycles. The third kappa shape index (κ3) is 105. The standard InChI is InChI=1S/4C16H32O2.C3H8/c4*1-2-3-4-5-6-7-8-9-10-11-12-13-14-15-16(17)18;1-3-2/h4*2-15H2,1H3,(H,17,18);3H2,1-2H3. The molecule has 0 amide bonds. The first-order chi connectivity index (χ1) is 36.5. The summed E-state index contributed by atoms with van der Waals surface area (Å²) in [6.45, 7) is 13.3. The van der Waals surface area contributed by atoms with Crippen LogP contribution in [-0.4, -0.2) is 44.3 Å². The van der Waals surface area contributed by atoms with Crippen molar-refractivity contribution in [2.24, 2.45) is 0 Å². The van der Waals surface area contributed by atoms with E-state index in [4.69, 9.17) is 20.4 Å². The molecule has 8 heteroatoms. The second-order valence-corrected chi connectivity index (χ2v) is 22.3. The van der Waals surface area contributed by atoms with Crippen LogP contribution in [0, 0.1) is 0 Å². The zero-order valence-electron chi connectivity index (χ0n) is 51.7. The number of rotatable bonds is 56. The van der Waals surface area contributed by atoms with Gasteiger partial charge in [0, 0.05) is 25.7 Å². The minimum atomic E-state index is -0.655. The van der Waals surface area contributed by atoms with Crippen LogP contribution in [0.3, 0.4) is 0 Å². The maximum absolute atomic E-state index is 10.3. The highest BCUT2D eigenvalue weighted by Gasteiger charge is 2.01. The fraction of sp³-hybridized carbons (Fsp3) is 0.940. The summed E-state index contributed by atoms with van der Waals surface area (Å²) in [7, 11) is 0. The molecular formula is C67H136O8. The molecule has 8 nitrogen and oxygen atoms in total. The van der Waals surface area contributed by atoms with E-state index in [1.807, 2.05) is 0 Å². The van der Waals surface area contributed by atoms with Gasteiger partial charge >= 0.3 is 23.9 Å². The van der Waals surface area contributed by atoms with Crippen molar-refractivity contribution in [3.63, 3.8) is 0 Å². The highest BCUT2D eigenvalue weighted by atomic mass is 16.4. The molecule has 0 radical (unpaired) electrons. The van der Waals surface area contributed by atoms with E-state index in [-0.39, 0.29) is 0 Å². The Labute approximate surface area is 469 Å². The van der Waals surface area contributed by atoms with Crippen LogP contribution in [0.1, 0.15) is 408 Å². The van der Waals surface area contributed by atoms with Gasteiger partial charge in [0.15, 0.2) is 0 Å². The Hall–Kier alpha value is -2.12. The van der Waals surface area contributed by atoms with Crippen LogP contribution in [0.25, 0.3) is 0 Å². The van der Waals surface area contributed by atoms with Gasteiger partial charge in [-0.05, 0) is 25.7 Å². The van der Waals surface area contributed by atoms with E-state index in [1.165, 1.54) is 289 Å². The fourth-order valence-corrected chi connectivity index (χ4v) is 9.18. The molecule has 0 saturated heterocycles. The fourth-order valence-electron chi connectivity index (χ4n) is 9.18. The third-order valence-corrected chi connectivity index (χ3v) is 14.0. The van der Waals surface area contributed by atoms with Crippen LogP contribution < -0.4 is 0 Å². The van der Waals surface area contributed by atoms with Gasteiger partial charge in [0.05, 0.1) is 0 Å². The Morgan fingerprint density at radius 1 is 0.173 bits per heavy atom. The van der Waals surface area contributed by atoms with Gasteiger partial charge in [-0.3, -0.25) is 19.2 Å². The number of carbonyl (C=O) groups is 4. The number of carboxylic acid groups (broad SMARTS) is 4. The normalized spacial score (nSPS) is 10.5. The van der Waals surface area contributed by atoms with E-state index in [0.717, 1.165) is 51.4 Å². The quantitative estimate of drug-likeness (QED) is 0.0440. The zero-order valence-corrected chi connectivity index (χ0v) is 51.7. The van der Waals surface area contributed by atoms with E-state index in [9.17, 15) is 19.2 Å². The molecule has 0 atom stereocenters. The van der Waals surface area contributed by atoms with Crippen molar-refractivity contribution in [1.29, 1.82) is 0 Å². The molecular weight excluding hydrogens is 933 g/mol. The Balaban J connectivity index is -0.000000285. The van der Waals surface area contributed by atoms with E-state index in [2.05, 4.69) is 41.5 Å². The molecule has 0 spiro atoms. The molecule has 0 aliphatic heterocycles. The summed E-state index contributed by atoms with van der Waals surface area (Å²) in [4.78, 5) is 41.2. The van der Waals surface area contributed by atoms with Gasteiger partial charge in [-0.1, -0.05) is 356 Å². The van der Waals surface area contributed by atoms with Gasteiger partial charge in [0.2, 0.25) is 0 Å². The topological polar surface area (TPSA) is 149 Å². The summed E-state index contributed by atoms with van der Waals surface area (Å²) >= 11 is 0. The van der Waals surface area contributed by atoms with Crippen LogP contribution in [0.4, 0.5) is 0 Å². The predicted molar refractivity (Wildman–Crippen MR) is 328 cm³/mol. The van der Waals surface area contributed by atoms with Gasteiger partial charge in [0.1, 0.15) is 0 Å². The summed E-state index contributed by atoms with van der Waals surface area (Å²) in [5.74, 6) is -2.62. The molecule has 0 aromatic rings. The Kier molecular flexibility index (Phi) is 88.0. The first kappa shape index (κ1) is 81.7. The van der Waals surface area contributed by atoms with Gasteiger partial charge < -0.3 is 20.4 Å². The van der Waals surface area contributed by atoms with Crippen LogP contribution in [0.15, 0.2) is 0 Å². The van der Waals surface area contributed by atoms with Gasteiger partial charge in [-0.25, -0.2) is 0 Å². The molecule has 0 unspecified atom stereocenters. The maximum Gasteiger partial charge on any atom is 0.303 e. The SMILES string of the molecule is CCC.CCCCCCCCCCCCCCCC(=O)O.CCCCCCCCCCCCCCCC(=O)O.CCCCCCCCCCCCCCCC(=O)O.CCCCCCCCCCCCCCCC(=O)O. The Morgan fingerprint density at radius 2 is 0.253 bits per heavy atom. The molecule has 0 rings (SSSR count). The molecule has 0 aromatic carbocycles. The predicted octanol–water partition coefficient (Wildman–Crippen LogP) is 23.6. The number of hydrogen-bond donors (Lipinski definition) is 4. The van der Waals surface area contributed by atoms with Crippen LogP contribution in [0.2, 0.25) is 0 Å². The highest BCUT2D eigenvalue weighted by Crippen LogP contribution is 2.17. The molecule has 0 bridgehead atoms. The average Bonchev–Trinajstić information content (AvgIpc) is 3.37. The maximum atomic E-state index is 10.3. The van der Waals surface area contributed by atoms with Crippen molar-refractivity contribution in [1.82, 2.24) is 0 Å². The second kappa shape index (κ2) is 80.7. The number of carboxylic acids is 4. The van der Waals surface area contributed by atoms with Crippen molar-refractivity contribution >= 4 is 23.9 Å². The summed E-state index contributed by atoms with van der Waals surface area (Å²) < 4.78 is 0. The molecule has 0 saturated carbocycles. The van der Waals surface area contributed by atoms with Gasteiger partial charge in [0.25, 0.3) is 0 Å².